The highest BCUT2D eigenvalue weighted by Crippen LogP contribution is 2.35. The molecule has 2 aromatic heterocycles. The predicted molar refractivity (Wildman–Crippen MR) is 78.4 cm³/mol. The summed E-state index contributed by atoms with van der Waals surface area (Å²) in [6, 6.07) is 8.68. The van der Waals surface area contributed by atoms with Gasteiger partial charge in [-0.15, -0.1) is 11.3 Å². The van der Waals surface area contributed by atoms with Crippen molar-refractivity contribution < 1.29 is 5.11 Å². The minimum atomic E-state index is -0.478. The van der Waals surface area contributed by atoms with Gasteiger partial charge in [0.2, 0.25) is 0 Å². The number of thiophene rings is 1. The van der Waals surface area contributed by atoms with Gasteiger partial charge in [-0.2, -0.15) is 0 Å². The van der Waals surface area contributed by atoms with E-state index in [1.54, 1.807) is 18.3 Å². The minimum absolute atomic E-state index is 0.478. The lowest BCUT2D eigenvalue weighted by molar-refractivity contribution is 0.199. The number of pyridine rings is 1. The number of hydrogen-bond donors (Lipinski definition) is 1. The summed E-state index contributed by atoms with van der Waals surface area (Å²) in [4.78, 5) is 8.20. The minimum Gasteiger partial charge on any atom is -0.389 e. The van der Waals surface area contributed by atoms with Crippen LogP contribution in [0, 0.1) is 0 Å². The number of aliphatic hydroxyl groups is 1. The van der Waals surface area contributed by atoms with Crippen molar-refractivity contribution in [3.63, 3.8) is 0 Å². The van der Waals surface area contributed by atoms with Crippen LogP contribution in [0.15, 0.2) is 35.8 Å². The quantitative estimate of drug-likeness (QED) is 0.908. The molecule has 0 radical (unpaired) electrons. The molecular weight excluding hydrogens is 256 g/mol. The maximum absolute atomic E-state index is 9.92. The second kappa shape index (κ2) is 5.31. The number of anilines is 1. The van der Waals surface area contributed by atoms with Crippen LogP contribution in [0.2, 0.25) is 0 Å². The molecule has 0 unspecified atom stereocenters. The fraction of sp³-hybridized carbons (Fsp3) is 0.400. The van der Waals surface area contributed by atoms with E-state index >= 15 is 0 Å². The molecule has 2 heterocycles. The van der Waals surface area contributed by atoms with Gasteiger partial charge in [-0.25, -0.2) is 4.98 Å². The summed E-state index contributed by atoms with van der Waals surface area (Å²) in [7, 11) is 0. The summed E-state index contributed by atoms with van der Waals surface area (Å²) < 4.78 is 0. The van der Waals surface area contributed by atoms with Gasteiger partial charge < -0.3 is 10.0 Å². The predicted octanol–water partition coefficient (Wildman–Crippen LogP) is 3.37. The van der Waals surface area contributed by atoms with Gasteiger partial charge in [-0.3, -0.25) is 0 Å². The molecule has 0 bridgehead atoms. The molecule has 100 valence electrons. The summed E-state index contributed by atoms with van der Waals surface area (Å²) in [6.45, 7) is 2.69. The second-order valence-electron chi connectivity index (χ2n) is 5.03. The van der Waals surface area contributed by atoms with Gasteiger partial charge in [-0.1, -0.05) is 12.1 Å². The average Bonchev–Trinajstić information content (AvgIpc) is 3.13. The first-order valence-corrected chi connectivity index (χ1v) is 7.55. The van der Waals surface area contributed by atoms with Crippen LogP contribution in [0.5, 0.6) is 0 Å². The summed E-state index contributed by atoms with van der Waals surface area (Å²) in [6.07, 6.45) is 3.78. The highest BCUT2D eigenvalue weighted by molar-refractivity contribution is 7.09. The van der Waals surface area contributed by atoms with Crippen molar-refractivity contribution in [3.8, 4) is 0 Å². The first-order valence-electron chi connectivity index (χ1n) is 6.67. The number of hydrogen-bond acceptors (Lipinski definition) is 4. The Bertz CT molecular complexity index is 535. The first kappa shape index (κ1) is 12.6. The zero-order valence-corrected chi connectivity index (χ0v) is 11.8. The smallest absolute Gasteiger partial charge is 0.134 e. The third kappa shape index (κ3) is 2.80. The van der Waals surface area contributed by atoms with Crippen molar-refractivity contribution in [2.24, 2.45) is 0 Å². The molecule has 0 saturated heterocycles. The van der Waals surface area contributed by atoms with E-state index < -0.39 is 6.10 Å². The Morgan fingerprint density at radius 1 is 1.42 bits per heavy atom. The third-order valence-electron chi connectivity index (χ3n) is 3.43. The van der Waals surface area contributed by atoms with Crippen LogP contribution in [0.25, 0.3) is 0 Å². The van der Waals surface area contributed by atoms with Gasteiger partial charge in [0.15, 0.2) is 0 Å². The fourth-order valence-electron chi connectivity index (χ4n) is 2.31. The lowest BCUT2D eigenvalue weighted by atomic mass is 10.1. The van der Waals surface area contributed by atoms with Gasteiger partial charge in [0.05, 0.1) is 12.6 Å². The molecule has 3 rings (SSSR count). The van der Waals surface area contributed by atoms with E-state index in [1.165, 1.54) is 17.7 Å². The monoisotopic (exact) mass is 274 g/mol. The van der Waals surface area contributed by atoms with E-state index in [2.05, 4.69) is 27.4 Å². The zero-order chi connectivity index (χ0) is 13.2. The maximum Gasteiger partial charge on any atom is 0.134 e. The van der Waals surface area contributed by atoms with Crippen LogP contribution >= 0.6 is 11.3 Å². The highest BCUT2D eigenvalue weighted by Gasteiger charge is 2.31. The molecule has 1 saturated carbocycles. The molecule has 0 aliphatic heterocycles. The van der Waals surface area contributed by atoms with E-state index in [0.29, 0.717) is 6.04 Å². The number of rotatable bonds is 5. The van der Waals surface area contributed by atoms with Gasteiger partial charge in [-0.05, 0) is 37.3 Å². The largest absolute Gasteiger partial charge is 0.389 e. The van der Waals surface area contributed by atoms with Crippen molar-refractivity contribution in [2.45, 2.75) is 38.5 Å². The second-order valence-corrected chi connectivity index (χ2v) is 6.06. The van der Waals surface area contributed by atoms with Gasteiger partial charge in [0.25, 0.3) is 0 Å². The van der Waals surface area contributed by atoms with Crippen molar-refractivity contribution >= 4 is 17.2 Å². The Labute approximate surface area is 117 Å². The lowest BCUT2D eigenvalue weighted by Crippen LogP contribution is -2.27. The van der Waals surface area contributed by atoms with E-state index in [-0.39, 0.29) is 0 Å². The van der Waals surface area contributed by atoms with E-state index in [9.17, 15) is 5.11 Å². The van der Waals surface area contributed by atoms with Crippen LogP contribution in [0.3, 0.4) is 0 Å². The summed E-state index contributed by atoms with van der Waals surface area (Å²) >= 11 is 1.77. The molecule has 19 heavy (non-hydrogen) atoms. The van der Waals surface area contributed by atoms with E-state index in [4.69, 9.17) is 0 Å². The van der Waals surface area contributed by atoms with E-state index in [0.717, 1.165) is 17.9 Å². The number of aliphatic hydroxyl groups excluding tert-OH is 1. The molecule has 1 fully saturated rings. The van der Waals surface area contributed by atoms with Crippen LogP contribution in [-0.4, -0.2) is 16.1 Å². The topological polar surface area (TPSA) is 36.4 Å². The fourth-order valence-corrected chi connectivity index (χ4v) is 3.01. The Morgan fingerprint density at radius 3 is 2.89 bits per heavy atom. The molecule has 0 amide bonds. The van der Waals surface area contributed by atoms with Crippen molar-refractivity contribution in [2.75, 3.05) is 4.90 Å². The molecule has 4 heteroatoms. The molecule has 3 nitrogen and oxygen atoms in total. The number of aromatic nitrogens is 1. The first-order chi connectivity index (χ1) is 9.25. The Kier molecular flexibility index (Phi) is 3.53. The molecule has 1 aliphatic rings. The number of nitrogens with zero attached hydrogens (tertiary/aromatic N) is 2. The molecule has 1 N–H and O–H groups in total. The summed E-state index contributed by atoms with van der Waals surface area (Å²) in [5.74, 6) is 0.938. The molecule has 0 aromatic carbocycles. The summed E-state index contributed by atoms with van der Waals surface area (Å²) in [5, 5.41) is 12.0. The normalized spacial score (nSPS) is 16.3. The Hall–Kier alpha value is -1.39. The molecule has 1 aliphatic carbocycles. The Morgan fingerprint density at radius 2 is 2.26 bits per heavy atom. The van der Waals surface area contributed by atoms with Gasteiger partial charge >= 0.3 is 0 Å². The maximum atomic E-state index is 9.92. The molecule has 1 atom stereocenters. The molecular formula is C15H18N2OS. The summed E-state index contributed by atoms with van der Waals surface area (Å²) in [5.41, 5.74) is 0.922. The molecule has 0 spiro atoms. The van der Waals surface area contributed by atoms with Crippen molar-refractivity contribution in [3.05, 3.63) is 46.3 Å². The van der Waals surface area contributed by atoms with Crippen molar-refractivity contribution in [1.29, 1.82) is 0 Å². The molecule has 2 aromatic rings. The average molecular weight is 274 g/mol. The standard InChI is InChI=1S/C15H18N2OS/c1-11(18)14-5-2-8-16-15(14)17(12-6-7-12)10-13-4-3-9-19-13/h2-5,8-9,11-12,18H,6-7,10H2,1H3/t11-/m1/s1. The zero-order valence-electron chi connectivity index (χ0n) is 11.0. The van der Waals surface area contributed by atoms with Crippen LogP contribution in [0.4, 0.5) is 5.82 Å². The third-order valence-corrected chi connectivity index (χ3v) is 4.29. The van der Waals surface area contributed by atoms with Gasteiger partial charge in [0, 0.05) is 22.7 Å². The van der Waals surface area contributed by atoms with Crippen LogP contribution in [0.1, 0.15) is 36.3 Å². The SMILES string of the molecule is C[C@@H](O)c1cccnc1N(Cc1cccs1)C1CC1. The van der Waals surface area contributed by atoms with E-state index in [1.807, 2.05) is 18.3 Å². The lowest BCUT2D eigenvalue weighted by Gasteiger charge is -2.26. The van der Waals surface area contributed by atoms with Gasteiger partial charge in [0.1, 0.15) is 5.82 Å². The Balaban J connectivity index is 1.92. The van der Waals surface area contributed by atoms with Crippen LogP contribution < -0.4 is 4.90 Å². The highest BCUT2D eigenvalue weighted by atomic mass is 32.1. The van der Waals surface area contributed by atoms with Crippen molar-refractivity contribution in [1.82, 2.24) is 4.98 Å². The van der Waals surface area contributed by atoms with Crippen LogP contribution in [-0.2, 0) is 6.54 Å².